The average Bonchev–Trinajstić information content (AvgIpc) is 2.90. The van der Waals surface area contributed by atoms with Gasteiger partial charge in [0.25, 0.3) is 5.91 Å². The molecule has 0 radical (unpaired) electrons. The Morgan fingerprint density at radius 1 is 1.15 bits per heavy atom. The first-order valence-corrected chi connectivity index (χ1v) is 9.18. The van der Waals surface area contributed by atoms with Gasteiger partial charge in [-0.25, -0.2) is 0 Å². The molecule has 27 heavy (non-hydrogen) atoms. The number of pyridine rings is 1. The number of aryl methyl sites for hydroxylation is 2. The van der Waals surface area contributed by atoms with Crippen molar-refractivity contribution in [3.63, 3.8) is 0 Å². The van der Waals surface area contributed by atoms with Crippen molar-refractivity contribution >= 4 is 16.9 Å². The Balaban J connectivity index is 2.02. The number of amides is 1. The largest absolute Gasteiger partial charge is 0.450 e. The van der Waals surface area contributed by atoms with E-state index in [2.05, 4.69) is 4.98 Å². The fourth-order valence-corrected chi connectivity index (χ4v) is 3.70. The monoisotopic (exact) mass is 362 g/mol. The summed E-state index contributed by atoms with van der Waals surface area (Å²) in [7, 11) is 0. The zero-order valence-corrected chi connectivity index (χ0v) is 15.9. The minimum atomic E-state index is -0.515. The van der Waals surface area contributed by atoms with Crippen molar-refractivity contribution in [3.8, 4) is 0 Å². The lowest BCUT2D eigenvalue weighted by molar-refractivity contribution is 0.0704. The number of hydrogen-bond acceptors (Lipinski definition) is 4. The highest BCUT2D eigenvalue weighted by Crippen LogP contribution is 2.37. The summed E-state index contributed by atoms with van der Waals surface area (Å²) in [5.41, 5.74) is 3.44. The highest BCUT2D eigenvalue weighted by atomic mass is 16.3. The zero-order chi connectivity index (χ0) is 19.3. The minimum Gasteiger partial charge on any atom is -0.450 e. The molecule has 1 unspecified atom stereocenters. The van der Waals surface area contributed by atoms with E-state index in [-0.39, 0.29) is 23.0 Å². The number of benzene rings is 1. The molecule has 0 saturated heterocycles. The van der Waals surface area contributed by atoms with Gasteiger partial charge in [0.05, 0.1) is 16.6 Å². The fourth-order valence-electron chi connectivity index (χ4n) is 3.70. The van der Waals surface area contributed by atoms with Crippen LogP contribution in [0.3, 0.4) is 0 Å². The van der Waals surface area contributed by atoms with Crippen molar-refractivity contribution in [2.45, 2.75) is 33.7 Å². The number of rotatable bonds is 3. The highest BCUT2D eigenvalue weighted by Gasteiger charge is 2.43. The molecular formula is C22H22N2O3. The van der Waals surface area contributed by atoms with Crippen molar-refractivity contribution in [1.29, 1.82) is 0 Å². The first kappa shape index (κ1) is 17.5. The van der Waals surface area contributed by atoms with Gasteiger partial charge in [0.15, 0.2) is 5.43 Å². The maximum Gasteiger partial charge on any atom is 0.290 e. The van der Waals surface area contributed by atoms with E-state index in [1.54, 1.807) is 11.1 Å². The highest BCUT2D eigenvalue weighted by molar-refractivity contribution is 5.99. The third kappa shape index (κ3) is 2.74. The maximum absolute atomic E-state index is 13.4. The van der Waals surface area contributed by atoms with E-state index >= 15 is 0 Å². The summed E-state index contributed by atoms with van der Waals surface area (Å²) in [6.07, 6.45) is 1.68. The van der Waals surface area contributed by atoms with E-state index in [0.717, 1.165) is 11.1 Å². The van der Waals surface area contributed by atoms with Crippen LogP contribution in [-0.4, -0.2) is 22.3 Å². The summed E-state index contributed by atoms with van der Waals surface area (Å²) in [6.45, 7) is 8.55. The summed E-state index contributed by atoms with van der Waals surface area (Å²) in [5.74, 6) is 0.155. The van der Waals surface area contributed by atoms with Crippen molar-refractivity contribution in [3.05, 3.63) is 74.9 Å². The number of carbonyl (C=O) groups excluding carboxylic acids is 1. The smallest absolute Gasteiger partial charge is 0.290 e. The van der Waals surface area contributed by atoms with Gasteiger partial charge in [0.2, 0.25) is 5.76 Å². The Bertz CT molecular complexity index is 1100. The van der Waals surface area contributed by atoms with Crippen molar-refractivity contribution in [1.82, 2.24) is 9.88 Å². The van der Waals surface area contributed by atoms with Gasteiger partial charge in [0, 0.05) is 12.7 Å². The van der Waals surface area contributed by atoms with Crippen LogP contribution in [0, 0.1) is 19.8 Å². The van der Waals surface area contributed by atoms with Gasteiger partial charge in [-0.1, -0.05) is 19.9 Å². The molecule has 138 valence electrons. The Hall–Kier alpha value is -2.95. The van der Waals surface area contributed by atoms with E-state index in [0.29, 0.717) is 28.8 Å². The molecule has 0 bridgehead atoms. The lowest BCUT2D eigenvalue weighted by Crippen LogP contribution is -2.33. The van der Waals surface area contributed by atoms with Crippen LogP contribution in [0.2, 0.25) is 0 Å². The summed E-state index contributed by atoms with van der Waals surface area (Å²) >= 11 is 0. The van der Waals surface area contributed by atoms with Gasteiger partial charge >= 0.3 is 0 Å². The normalized spacial score (nSPS) is 16.4. The molecule has 0 aliphatic carbocycles. The van der Waals surface area contributed by atoms with Crippen LogP contribution in [0.5, 0.6) is 0 Å². The molecule has 1 amide bonds. The average molecular weight is 362 g/mol. The van der Waals surface area contributed by atoms with E-state index in [1.165, 1.54) is 0 Å². The predicted molar refractivity (Wildman–Crippen MR) is 104 cm³/mol. The fraction of sp³-hybridized carbons (Fsp3) is 0.318. The number of hydrogen-bond donors (Lipinski definition) is 0. The summed E-state index contributed by atoms with van der Waals surface area (Å²) in [6, 6.07) is 8.71. The second kappa shape index (κ2) is 6.34. The molecule has 0 N–H and O–H groups in total. The topological polar surface area (TPSA) is 63.4 Å². The second-order valence-electron chi connectivity index (χ2n) is 7.62. The third-order valence-electron chi connectivity index (χ3n) is 5.11. The molecule has 0 saturated carbocycles. The Kier molecular flexibility index (Phi) is 4.10. The first-order chi connectivity index (χ1) is 12.9. The van der Waals surface area contributed by atoms with Gasteiger partial charge in [-0.2, -0.15) is 0 Å². The number of fused-ring (bicyclic) bond motifs is 2. The maximum atomic E-state index is 13.4. The van der Waals surface area contributed by atoms with Gasteiger partial charge in [-0.15, -0.1) is 0 Å². The SMILES string of the molecule is Cc1cc2oc3c(c(=O)c2cc1C)C(c1ccccn1)N(CC(C)C)C3=O. The van der Waals surface area contributed by atoms with Gasteiger partial charge in [-0.3, -0.25) is 14.6 Å². The summed E-state index contributed by atoms with van der Waals surface area (Å²) < 4.78 is 5.98. The lowest BCUT2D eigenvalue weighted by Gasteiger charge is -2.25. The molecular weight excluding hydrogens is 340 g/mol. The van der Waals surface area contributed by atoms with Gasteiger partial charge < -0.3 is 9.32 Å². The van der Waals surface area contributed by atoms with E-state index < -0.39 is 6.04 Å². The molecule has 5 heteroatoms. The summed E-state index contributed by atoms with van der Waals surface area (Å²) in [5, 5.41) is 0.511. The molecule has 3 heterocycles. The molecule has 5 nitrogen and oxygen atoms in total. The molecule has 0 fully saturated rings. The molecule has 1 aliphatic heterocycles. The Morgan fingerprint density at radius 2 is 1.89 bits per heavy atom. The van der Waals surface area contributed by atoms with Crippen LogP contribution < -0.4 is 5.43 Å². The first-order valence-electron chi connectivity index (χ1n) is 9.18. The third-order valence-corrected chi connectivity index (χ3v) is 5.11. The number of nitrogens with zero attached hydrogens (tertiary/aromatic N) is 2. The molecule has 1 aliphatic rings. The van der Waals surface area contributed by atoms with Crippen LogP contribution in [0.4, 0.5) is 0 Å². The van der Waals surface area contributed by atoms with E-state index in [4.69, 9.17) is 4.42 Å². The van der Waals surface area contributed by atoms with Crippen LogP contribution in [-0.2, 0) is 0 Å². The van der Waals surface area contributed by atoms with Crippen molar-refractivity contribution in [2.24, 2.45) is 5.92 Å². The molecule has 1 aromatic carbocycles. The van der Waals surface area contributed by atoms with Gasteiger partial charge in [0.1, 0.15) is 11.6 Å². The molecule has 1 atom stereocenters. The Labute approximate surface area is 157 Å². The molecule has 2 aromatic heterocycles. The number of aromatic nitrogens is 1. The number of carbonyl (C=O) groups is 1. The summed E-state index contributed by atoms with van der Waals surface area (Å²) in [4.78, 5) is 32.6. The van der Waals surface area contributed by atoms with E-state index in [9.17, 15) is 9.59 Å². The standard InChI is InChI=1S/C22H22N2O3/c1-12(2)11-24-19(16-7-5-6-8-23-16)18-20(25)15-9-13(3)14(4)10-17(15)27-21(18)22(24)26/h5-10,12,19H,11H2,1-4H3. The van der Waals surface area contributed by atoms with Crippen LogP contribution in [0.15, 0.2) is 45.7 Å². The predicted octanol–water partition coefficient (Wildman–Crippen LogP) is 4.01. The van der Waals surface area contributed by atoms with Crippen LogP contribution in [0.1, 0.15) is 52.8 Å². The lowest BCUT2D eigenvalue weighted by atomic mass is 10.00. The quantitative estimate of drug-likeness (QED) is 0.706. The molecule has 4 rings (SSSR count). The minimum absolute atomic E-state index is 0.145. The van der Waals surface area contributed by atoms with Crippen LogP contribution in [0.25, 0.3) is 11.0 Å². The molecule has 3 aromatic rings. The van der Waals surface area contributed by atoms with Crippen LogP contribution >= 0.6 is 0 Å². The second-order valence-corrected chi connectivity index (χ2v) is 7.62. The van der Waals surface area contributed by atoms with Gasteiger partial charge in [-0.05, 0) is 55.2 Å². The van der Waals surface area contributed by atoms with Crippen molar-refractivity contribution < 1.29 is 9.21 Å². The zero-order valence-electron chi connectivity index (χ0n) is 15.9. The molecule has 0 spiro atoms. The van der Waals surface area contributed by atoms with Crippen molar-refractivity contribution in [2.75, 3.05) is 6.54 Å². The Morgan fingerprint density at radius 3 is 2.56 bits per heavy atom. The van der Waals surface area contributed by atoms with E-state index in [1.807, 2.05) is 58.0 Å².